The molecule has 0 radical (unpaired) electrons. The second-order valence-corrected chi connectivity index (χ2v) is 16.3. The number of amides is 1. The number of hydrogen-bond acceptors (Lipinski definition) is 4. The molecule has 0 spiro atoms. The molecule has 5 nitrogen and oxygen atoms in total. The molecule has 0 aromatic heterocycles. The van der Waals surface area contributed by atoms with Gasteiger partial charge in [0.15, 0.2) is 0 Å². The summed E-state index contributed by atoms with van der Waals surface area (Å²) in [5, 5.41) is 33.6. The van der Waals surface area contributed by atoms with Crippen molar-refractivity contribution in [1.29, 1.82) is 0 Å². The Kier molecular flexibility index (Phi) is 43.1. The Hall–Kier alpha value is -1.43. The molecule has 4 N–H and O–H groups in total. The molecular formula is C49H93NO4. The number of carbonyl (C=O) groups excluding carboxylic acids is 1. The fraction of sp³-hybridized carbons (Fsp3) is 0.857. The van der Waals surface area contributed by atoms with Gasteiger partial charge in [0.05, 0.1) is 18.8 Å². The van der Waals surface area contributed by atoms with Crippen molar-refractivity contribution in [3.8, 4) is 0 Å². The van der Waals surface area contributed by atoms with Gasteiger partial charge in [-0.15, -0.1) is 0 Å². The van der Waals surface area contributed by atoms with Crippen LogP contribution in [0.15, 0.2) is 36.5 Å². The van der Waals surface area contributed by atoms with E-state index in [1.54, 1.807) is 0 Å². The van der Waals surface area contributed by atoms with Crippen LogP contribution in [0.2, 0.25) is 0 Å². The summed E-state index contributed by atoms with van der Waals surface area (Å²) in [5.74, 6) is -0.162. The number of nitrogens with one attached hydrogen (secondary N) is 1. The monoisotopic (exact) mass is 760 g/mol. The molecule has 0 aromatic rings. The number of allylic oxidation sites excluding steroid dienone is 6. The zero-order valence-electron chi connectivity index (χ0n) is 36.1. The van der Waals surface area contributed by atoms with Crippen LogP contribution in [0.25, 0.3) is 0 Å². The van der Waals surface area contributed by atoms with E-state index in [9.17, 15) is 20.1 Å². The molecule has 0 aliphatic carbocycles. The lowest BCUT2D eigenvalue weighted by Gasteiger charge is -2.26. The van der Waals surface area contributed by atoms with E-state index in [2.05, 4.69) is 55.6 Å². The van der Waals surface area contributed by atoms with Gasteiger partial charge in [0.1, 0.15) is 6.10 Å². The minimum Gasteiger partial charge on any atom is -0.394 e. The first-order valence-corrected chi connectivity index (χ1v) is 23.8. The number of hydrogen-bond donors (Lipinski definition) is 4. The van der Waals surface area contributed by atoms with E-state index in [1.807, 2.05) is 0 Å². The van der Waals surface area contributed by atoms with Crippen molar-refractivity contribution in [2.75, 3.05) is 6.61 Å². The first kappa shape index (κ1) is 52.6. The van der Waals surface area contributed by atoms with Gasteiger partial charge in [0, 0.05) is 6.42 Å². The highest BCUT2D eigenvalue weighted by Crippen LogP contribution is 2.15. The van der Waals surface area contributed by atoms with Crippen LogP contribution in [0.3, 0.4) is 0 Å². The van der Waals surface area contributed by atoms with Crippen LogP contribution in [0.4, 0.5) is 0 Å². The Balaban J connectivity index is 3.67. The second kappa shape index (κ2) is 44.3. The summed E-state index contributed by atoms with van der Waals surface area (Å²) >= 11 is 0. The standard InChI is InChI=1S/C49H93NO4/c1-3-5-7-9-11-13-15-17-19-21-22-23-24-25-26-28-29-31-33-35-37-39-41-43-47(52)49(54)46(45-51)50-48(53)44-42-40-38-36-34-32-30-27-20-18-16-14-12-10-8-6-4-2/h18,20,28-29,35,37,46-47,49,51-52,54H,3-17,19,21-27,30-34,36,38-45H2,1-2H3,(H,50,53)/b20-18-,29-28+,37-35+. The van der Waals surface area contributed by atoms with Crippen LogP contribution < -0.4 is 5.32 Å². The molecule has 0 aliphatic rings. The van der Waals surface area contributed by atoms with Crippen molar-refractivity contribution in [2.24, 2.45) is 0 Å². The maximum absolute atomic E-state index is 12.4. The summed E-state index contributed by atoms with van der Waals surface area (Å²) in [6.07, 6.45) is 55.5. The largest absolute Gasteiger partial charge is 0.394 e. The molecule has 54 heavy (non-hydrogen) atoms. The topological polar surface area (TPSA) is 89.8 Å². The maximum atomic E-state index is 12.4. The van der Waals surface area contributed by atoms with Crippen LogP contribution in [0, 0.1) is 0 Å². The molecular weight excluding hydrogens is 667 g/mol. The zero-order chi connectivity index (χ0) is 39.4. The van der Waals surface area contributed by atoms with Gasteiger partial charge in [0.2, 0.25) is 5.91 Å². The van der Waals surface area contributed by atoms with Crippen molar-refractivity contribution in [3.63, 3.8) is 0 Å². The summed E-state index contributed by atoms with van der Waals surface area (Å²) in [7, 11) is 0. The highest BCUT2D eigenvalue weighted by Gasteiger charge is 2.26. The van der Waals surface area contributed by atoms with Gasteiger partial charge >= 0.3 is 0 Å². The molecule has 0 bridgehead atoms. The van der Waals surface area contributed by atoms with Crippen LogP contribution in [-0.2, 0) is 4.79 Å². The molecule has 0 saturated heterocycles. The van der Waals surface area contributed by atoms with E-state index >= 15 is 0 Å². The molecule has 0 heterocycles. The quantitative estimate of drug-likeness (QED) is 0.0368. The second-order valence-electron chi connectivity index (χ2n) is 16.3. The van der Waals surface area contributed by atoms with Gasteiger partial charge in [-0.3, -0.25) is 4.79 Å². The van der Waals surface area contributed by atoms with Crippen molar-refractivity contribution >= 4 is 5.91 Å². The predicted octanol–water partition coefficient (Wildman–Crippen LogP) is 13.9. The third kappa shape index (κ3) is 38.8. The molecule has 3 unspecified atom stereocenters. The van der Waals surface area contributed by atoms with E-state index in [0.717, 1.165) is 44.9 Å². The number of rotatable bonds is 43. The van der Waals surface area contributed by atoms with E-state index < -0.39 is 18.2 Å². The lowest BCUT2D eigenvalue weighted by atomic mass is 10.0. The summed E-state index contributed by atoms with van der Waals surface area (Å²) in [4.78, 5) is 12.4. The fourth-order valence-corrected chi connectivity index (χ4v) is 7.23. The Morgan fingerprint density at radius 3 is 1.13 bits per heavy atom. The number of aliphatic hydroxyl groups excluding tert-OH is 3. The fourth-order valence-electron chi connectivity index (χ4n) is 7.23. The Labute approximate surface area is 336 Å². The molecule has 1 amide bonds. The van der Waals surface area contributed by atoms with Gasteiger partial charge < -0.3 is 20.6 Å². The van der Waals surface area contributed by atoms with E-state index in [1.165, 1.54) is 173 Å². The van der Waals surface area contributed by atoms with Gasteiger partial charge in [-0.2, -0.15) is 0 Å². The Morgan fingerprint density at radius 2 is 0.759 bits per heavy atom. The van der Waals surface area contributed by atoms with Gasteiger partial charge in [-0.1, -0.05) is 198 Å². The van der Waals surface area contributed by atoms with Crippen molar-refractivity contribution in [2.45, 2.75) is 263 Å². The van der Waals surface area contributed by atoms with Crippen LogP contribution in [0.5, 0.6) is 0 Å². The minimum atomic E-state index is -1.17. The molecule has 5 heteroatoms. The number of carbonyl (C=O) groups is 1. The molecule has 0 fully saturated rings. The average Bonchev–Trinajstić information content (AvgIpc) is 3.18. The smallest absolute Gasteiger partial charge is 0.220 e. The molecule has 0 aromatic carbocycles. The first-order chi connectivity index (χ1) is 26.6. The molecule has 0 saturated carbocycles. The maximum Gasteiger partial charge on any atom is 0.220 e. The Bertz CT molecular complexity index is 840. The van der Waals surface area contributed by atoms with Crippen molar-refractivity contribution < 1.29 is 20.1 Å². The number of aliphatic hydroxyl groups is 3. The molecule has 318 valence electrons. The van der Waals surface area contributed by atoms with Gasteiger partial charge in [0.25, 0.3) is 0 Å². The van der Waals surface area contributed by atoms with Gasteiger partial charge in [-0.25, -0.2) is 0 Å². The highest BCUT2D eigenvalue weighted by molar-refractivity contribution is 5.76. The molecule has 0 rings (SSSR count). The molecule has 0 aliphatic heterocycles. The third-order valence-corrected chi connectivity index (χ3v) is 10.9. The first-order valence-electron chi connectivity index (χ1n) is 23.8. The van der Waals surface area contributed by atoms with E-state index in [-0.39, 0.29) is 12.5 Å². The summed E-state index contributed by atoms with van der Waals surface area (Å²) in [6, 6.07) is -0.834. The minimum absolute atomic E-state index is 0.162. The predicted molar refractivity (Wildman–Crippen MR) is 236 cm³/mol. The van der Waals surface area contributed by atoms with Crippen LogP contribution in [0.1, 0.15) is 245 Å². The average molecular weight is 760 g/mol. The Morgan fingerprint density at radius 1 is 0.444 bits per heavy atom. The van der Waals surface area contributed by atoms with E-state index in [4.69, 9.17) is 0 Å². The summed E-state index contributed by atoms with van der Waals surface area (Å²) in [6.45, 7) is 4.17. The molecule has 3 atom stereocenters. The third-order valence-electron chi connectivity index (χ3n) is 10.9. The summed E-state index contributed by atoms with van der Waals surface area (Å²) in [5.41, 5.74) is 0. The normalized spacial score (nSPS) is 13.8. The summed E-state index contributed by atoms with van der Waals surface area (Å²) < 4.78 is 0. The van der Waals surface area contributed by atoms with Crippen molar-refractivity contribution in [3.05, 3.63) is 36.5 Å². The van der Waals surface area contributed by atoms with E-state index in [0.29, 0.717) is 12.8 Å². The number of unbranched alkanes of at least 4 members (excludes halogenated alkanes) is 29. The lowest BCUT2D eigenvalue weighted by molar-refractivity contribution is -0.124. The highest BCUT2D eigenvalue weighted by atomic mass is 16.3. The van der Waals surface area contributed by atoms with Crippen LogP contribution >= 0.6 is 0 Å². The van der Waals surface area contributed by atoms with Gasteiger partial charge in [-0.05, 0) is 77.0 Å². The zero-order valence-corrected chi connectivity index (χ0v) is 36.1. The lowest BCUT2D eigenvalue weighted by Crippen LogP contribution is -2.50. The van der Waals surface area contributed by atoms with Crippen LogP contribution in [-0.4, -0.2) is 46.1 Å². The van der Waals surface area contributed by atoms with Crippen molar-refractivity contribution in [1.82, 2.24) is 5.32 Å². The SMILES string of the molecule is CCCCCCCC/C=C\CCCCCCCCCC(=O)NC(CO)C(O)C(O)CCC/C=C/CC/C=C/CCCCCCCCCCCCCCCC.